The van der Waals surface area contributed by atoms with Gasteiger partial charge in [-0.25, -0.2) is 0 Å². The van der Waals surface area contributed by atoms with Crippen molar-refractivity contribution < 1.29 is 9.53 Å². The van der Waals surface area contributed by atoms with Gasteiger partial charge in [0.05, 0.1) is 6.04 Å². The third kappa shape index (κ3) is 2.96. The van der Waals surface area contributed by atoms with Crippen molar-refractivity contribution in [1.29, 1.82) is 0 Å². The molecule has 1 saturated heterocycles. The second kappa shape index (κ2) is 4.75. The van der Waals surface area contributed by atoms with E-state index in [4.69, 9.17) is 10.5 Å². The van der Waals surface area contributed by atoms with Crippen LogP contribution in [-0.2, 0) is 9.53 Å². The lowest BCUT2D eigenvalue weighted by molar-refractivity contribution is -0.125. The number of rotatable bonds is 3. The summed E-state index contributed by atoms with van der Waals surface area (Å²) in [6.07, 6.45) is 2.42. The van der Waals surface area contributed by atoms with Crippen molar-refractivity contribution in [3.8, 4) is 0 Å². The number of hydrogen-bond donors (Lipinski definition) is 2. The molecule has 1 heterocycles. The molecule has 4 heteroatoms. The Hall–Kier alpha value is -0.610. The molecule has 3 N–H and O–H groups in total. The van der Waals surface area contributed by atoms with Crippen molar-refractivity contribution in [3.63, 3.8) is 0 Å². The molecule has 1 aliphatic rings. The Labute approximate surface area is 85.2 Å². The smallest absolute Gasteiger partial charge is 0.237 e. The van der Waals surface area contributed by atoms with Gasteiger partial charge in [-0.2, -0.15) is 0 Å². The summed E-state index contributed by atoms with van der Waals surface area (Å²) in [6, 6.07) is -0.380. The third-order valence-corrected chi connectivity index (χ3v) is 2.80. The van der Waals surface area contributed by atoms with Crippen LogP contribution in [0.15, 0.2) is 0 Å². The summed E-state index contributed by atoms with van der Waals surface area (Å²) < 4.78 is 5.25. The Bertz CT molecular complexity index is 200. The largest absolute Gasteiger partial charge is 0.381 e. The lowest BCUT2D eigenvalue weighted by atomic mass is 9.92. The highest BCUT2D eigenvalue weighted by atomic mass is 16.5. The average Bonchev–Trinajstić information content (AvgIpc) is 2.17. The van der Waals surface area contributed by atoms with Crippen LogP contribution in [0.4, 0.5) is 0 Å². The number of carbonyl (C=O) groups is 1. The first-order valence-electron chi connectivity index (χ1n) is 5.23. The first kappa shape index (κ1) is 11.5. The maximum atomic E-state index is 11.6. The van der Waals surface area contributed by atoms with Gasteiger partial charge in [0.25, 0.3) is 0 Å². The van der Waals surface area contributed by atoms with E-state index >= 15 is 0 Å². The molecule has 0 aromatic carbocycles. The minimum Gasteiger partial charge on any atom is -0.381 e. The normalized spacial score (nSPS) is 22.8. The molecule has 0 spiro atoms. The van der Waals surface area contributed by atoms with Crippen LogP contribution < -0.4 is 11.1 Å². The molecule has 1 amide bonds. The number of nitrogens with two attached hydrogens (primary N) is 1. The Morgan fingerprint density at radius 3 is 2.64 bits per heavy atom. The van der Waals surface area contributed by atoms with Gasteiger partial charge in [0, 0.05) is 18.8 Å². The SMILES string of the molecule is CC[C@H](N)C(=O)NC1(C)CCOCC1. The van der Waals surface area contributed by atoms with E-state index in [-0.39, 0.29) is 17.5 Å². The fraction of sp³-hybridized carbons (Fsp3) is 0.900. The molecule has 0 aliphatic carbocycles. The summed E-state index contributed by atoms with van der Waals surface area (Å²) >= 11 is 0. The summed E-state index contributed by atoms with van der Waals surface area (Å²) in [5, 5.41) is 3.00. The highest BCUT2D eigenvalue weighted by molar-refractivity contribution is 5.82. The van der Waals surface area contributed by atoms with E-state index in [9.17, 15) is 4.79 Å². The summed E-state index contributed by atoms with van der Waals surface area (Å²) in [4.78, 5) is 11.6. The van der Waals surface area contributed by atoms with Gasteiger partial charge in [-0.15, -0.1) is 0 Å². The summed E-state index contributed by atoms with van der Waals surface area (Å²) in [5.74, 6) is -0.0445. The van der Waals surface area contributed by atoms with Gasteiger partial charge in [0.2, 0.25) is 5.91 Å². The number of amides is 1. The van der Waals surface area contributed by atoms with Crippen LogP contribution in [0.25, 0.3) is 0 Å². The van der Waals surface area contributed by atoms with Gasteiger partial charge in [-0.1, -0.05) is 6.92 Å². The fourth-order valence-electron chi connectivity index (χ4n) is 1.52. The zero-order valence-electron chi connectivity index (χ0n) is 9.01. The Balaban J connectivity index is 2.44. The van der Waals surface area contributed by atoms with Crippen LogP contribution in [0, 0.1) is 0 Å². The number of nitrogens with one attached hydrogen (secondary N) is 1. The second-order valence-electron chi connectivity index (χ2n) is 4.18. The van der Waals surface area contributed by atoms with E-state index in [0.29, 0.717) is 6.42 Å². The lowest BCUT2D eigenvalue weighted by Gasteiger charge is -2.35. The molecular formula is C10H20N2O2. The van der Waals surface area contributed by atoms with E-state index in [1.165, 1.54) is 0 Å². The predicted octanol–water partition coefficient (Wildman–Crippen LogP) is 0.409. The van der Waals surface area contributed by atoms with E-state index in [0.717, 1.165) is 26.1 Å². The predicted molar refractivity (Wildman–Crippen MR) is 54.9 cm³/mol. The summed E-state index contributed by atoms with van der Waals surface area (Å²) in [5.41, 5.74) is 5.53. The molecule has 0 saturated carbocycles. The Morgan fingerprint density at radius 1 is 1.57 bits per heavy atom. The topological polar surface area (TPSA) is 64.4 Å². The number of carbonyl (C=O) groups excluding carboxylic acids is 1. The van der Waals surface area contributed by atoms with E-state index < -0.39 is 0 Å². The average molecular weight is 200 g/mol. The van der Waals surface area contributed by atoms with Crippen LogP contribution in [0.1, 0.15) is 33.1 Å². The highest BCUT2D eigenvalue weighted by Gasteiger charge is 2.30. The maximum absolute atomic E-state index is 11.6. The summed E-state index contributed by atoms with van der Waals surface area (Å²) in [7, 11) is 0. The highest BCUT2D eigenvalue weighted by Crippen LogP contribution is 2.19. The minimum absolute atomic E-state index is 0.0445. The van der Waals surface area contributed by atoms with Crippen LogP contribution in [0.2, 0.25) is 0 Å². The van der Waals surface area contributed by atoms with Gasteiger partial charge >= 0.3 is 0 Å². The first-order chi connectivity index (χ1) is 6.57. The Morgan fingerprint density at radius 2 is 2.14 bits per heavy atom. The van der Waals surface area contributed by atoms with Gasteiger partial charge in [-0.3, -0.25) is 4.79 Å². The van der Waals surface area contributed by atoms with Gasteiger partial charge in [0.1, 0.15) is 0 Å². The standard InChI is InChI=1S/C10H20N2O2/c1-3-8(11)9(13)12-10(2)4-6-14-7-5-10/h8H,3-7,11H2,1-2H3,(H,12,13)/t8-/m0/s1. The zero-order valence-corrected chi connectivity index (χ0v) is 9.01. The van der Waals surface area contributed by atoms with Crippen molar-refractivity contribution in [1.82, 2.24) is 5.32 Å². The van der Waals surface area contributed by atoms with Gasteiger partial charge in [0.15, 0.2) is 0 Å². The van der Waals surface area contributed by atoms with E-state index in [1.54, 1.807) is 0 Å². The molecule has 0 radical (unpaired) electrons. The summed E-state index contributed by atoms with van der Waals surface area (Å²) in [6.45, 7) is 5.41. The van der Waals surface area contributed by atoms with Crippen molar-refractivity contribution in [2.45, 2.75) is 44.7 Å². The maximum Gasteiger partial charge on any atom is 0.237 e. The molecule has 82 valence electrons. The van der Waals surface area contributed by atoms with Crippen LogP contribution in [0.5, 0.6) is 0 Å². The molecule has 0 aromatic rings. The van der Waals surface area contributed by atoms with Crippen molar-refractivity contribution in [2.24, 2.45) is 5.73 Å². The van der Waals surface area contributed by atoms with E-state index in [2.05, 4.69) is 12.2 Å². The van der Waals surface area contributed by atoms with E-state index in [1.807, 2.05) is 6.92 Å². The van der Waals surface area contributed by atoms with Gasteiger partial charge in [-0.05, 0) is 26.2 Å². The van der Waals surface area contributed by atoms with Gasteiger partial charge < -0.3 is 15.8 Å². The van der Waals surface area contributed by atoms with Crippen LogP contribution >= 0.6 is 0 Å². The molecule has 0 aromatic heterocycles. The number of ether oxygens (including phenoxy) is 1. The molecule has 1 rings (SSSR count). The molecule has 0 bridgehead atoms. The molecule has 1 aliphatic heterocycles. The molecule has 4 nitrogen and oxygen atoms in total. The molecular weight excluding hydrogens is 180 g/mol. The zero-order chi connectivity index (χ0) is 10.6. The van der Waals surface area contributed by atoms with Crippen LogP contribution in [0.3, 0.4) is 0 Å². The third-order valence-electron chi connectivity index (χ3n) is 2.80. The van der Waals surface area contributed by atoms with Crippen molar-refractivity contribution >= 4 is 5.91 Å². The first-order valence-corrected chi connectivity index (χ1v) is 5.23. The second-order valence-corrected chi connectivity index (χ2v) is 4.18. The molecule has 0 unspecified atom stereocenters. The Kier molecular flexibility index (Phi) is 3.89. The van der Waals surface area contributed by atoms with Crippen molar-refractivity contribution in [2.75, 3.05) is 13.2 Å². The molecule has 1 fully saturated rings. The van der Waals surface area contributed by atoms with Crippen LogP contribution in [-0.4, -0.2) is 30.7 Å². The number of hydrogen-bond acceptors (Lipinski definition) is 3. The molecule has 14 heavy (non-hydrogen) atoms. The quantitative estimate of drug-likeness (QED) is 0.693. The molecule has 1 atom stereocenters. The fourth-order valence-corrected chi connectivity index (χ4v) is 1.52. The lowest BCUT2D eigenvalue weighted by Crippen LogP contribution is -2.54. The minimum atomic E-state index is -0.380. The van der Waals surface area contributed by atoms with Crippen molar-refractivity contribution in [3.05, 3.63) is 0 Å². The monoisotopic (exact) mass is 200 g/mol.